The fraction of sp³-hybridized carbons (Fsp3) is 0.467. The van der Waals surface area contributed by atoms with Gasteiger partial charge in [0.1, 0.15) is 0 Å². The van der Waals surface area contributed by atoms with E-state index in [2.05, 4.69) is 10.6 Å². The molecule has 1 aromatic rings. The predicted molar refractivity (Wildman–Crippen MR) is 76.3 cm³/mol. The summed E-state index contributed by atoms with van der Waals surface area (Å²) in [6.07, 6.45) is 3.71. The van der Waals surface area contributed by atoms with Gasteiger partial charge in [0.05, 0.1) is 6.04 Å². The van der Waals surface area contributed by atoms with Crippen molar-refractivity contribution in [2.45, 2.75) is 25.3 Å². The van der Waals surface area contributed by atoms with Crippen LogP contribution in [0.3, 0.4) is 0 Å². The van der Waals surface area contributed by atoms with Crippen LogP contribution in [0, 0.1) is 11.3 Å². The van der Waals surface area contributed by atoms with Gasteiger partial charge in [-0.1, -0.05) is 30.3 Å². The Balaban J connectivity index is 2.00. The lowest BCUT2D eigenvalue weighted by atomic mass is 9.96. The molecule has 0 spiro atoms. The Morgan fingerprint density at radius 3 is 2.68 bits per heavy atom. The summed E-state index contributed by atoms with van der Waals surface area (Å²) in [7, 11) is 0. The molecule has 3 N–H and O–H groups in total. The van der Waals surface area contributed by atoms with Crippen LogP contribution in [0.1, 0.15) is 30.9 Å². The molecule has 2 rings (SSSR count). The highest BCUT2D eigenvalue weighted by Crippen LogP contribution is 2.18. The third-order valence-electron chi connectivity index (χ3n) is 3.58. The van der Waals surface area contributed by atoms with Gasteiger partial charge in [-0.05, 0) is 37.7 Å². The molecular formula is C15H21N3O. The second-order valence-electron chi connectivity index (χ2n) is 4.94. The maximum Gasteiger partial charge on any atom is 0.223 e. The number of hydrogen-bond acceptors (Lipinski definition) is 3. The van der Waals surface area contributed by atoms with E-state index in [1.165, 1.54) is 6.21 Å². The Morgan fingerprint density at radius 2 is 2.05 bits per heavy atom. The van der Waals surface area contributed by atoms with E-state index in [4.69, 9.17) is 5.41 Å². The lowest BCUT2D eigenvalue weighted by Crippen LogP contribution is -2.39. The molecule has 1 fully saturated rings. The monoisotopic (exact) mass is 259 g/mol. The zero-order valence-corrected chi connectivity index (χ0v) is 11.1. The zero-order valence-electron chi connectivity index (χ0n) is 11.1. The molecule has 1 heterocycles. The molecule has 1 aliphatic heterocycles. The summed E-state index contributed by atoms with van der Waals surface area (Å²) in [5.41, 5.74) is 1.06. The van der Waals surface area contributed by atoms with Gasteiger partial charge >= 0.3 is 0 Å². The van der Waals surface area contributed by atoms with Crippen LogP contribution in [0.4, 0.5) is 0 Å². The molecule has 1 aliphatic rings. The molecule has 0 aromatic heterocycles. The second-order valence-corrected chi connectivity index (χ2v) is 4.94. The Hall–Kier alpha value is -1.68. The lowest BCUT2D eigenvalue weighted by Gasteiger charge is -2.25. The van der Waals surface area contributed by atoms with Gasteiger partial charge in [-0.15, -0.1) is 0 Å². The van der Waals surface area contributed by atoms with Crippen LogP contribution >= 0.6 is 0 Å². The van der Waals surface area contributed by atoms with E-state index in [0.717, 1.165) is 31.5 Å². The van der Waals surface area contributed by atoms with Crippen molar-refractivity contribution < 1.29 is 4.79 Å². The molecule has 0 radical (unpaired) electrons. The average molecular weight is 259 g/mol. The Labute approximate surface area is 114 Å². The summed E-state index contributed by atoms with van der Waals surface area (Å²) in [6, 6.07) is 9.79. The van der Waals surface area contributed by atoms with E-state index in [1.54, 1.807) is 0 Å². The van der Waals surface area contributed by atoms with Crippen molar-refractivity contribution in [1.82, 2.24) is 10.6 Å². The summed E-state index contributed by atoms with van der Waals surface area (Å²) in [6.45, 7) is 1.83. The molecule has 1 saturated heterocycles. The fourth-order valence-corrected chi connectivity index (χ4v) is 2.46. The van der Waals surface area contributed by atoms with Crippen molar-refractivity contribution in [2.75, 3.05) is 13.1 Å². The first-order valence-corrected chi connectivity index (χ1v) is 6.86. The fourth-order valence-electron chi connectivity index (χ4n) is 2.46. The van der Waals surface area contributed by atoms with Gasteiger partial charge in [0.2, 0.25) is 5.91 Å². The Morgan fingerprint density at radius 1 is 1.37 bits per heavy atom. The van der Waals surface area contributed by atoms with Crippen LogP contribution in [0.15, 0.2) is 30.3 Å². The van der Waals surface area contributed by atoms with Gasteiger partial charge in [0.25, 0.3) is 0 Å². The molecule has 0 bridgehead atoms. The van der Waals surface area contributed by atoms with Gasteiger partial charge < -0.3 is 16.0 Å². The molecule has 4 heteroatoms. The highest BCUT2D eigenvalue weighted by atomic mass is 16.1. The first-order chi connectivity index (χ1) is 9.31. The third-order valence-corrected chi connectivity index (χ3v) is 3.58. The molecule has 0 saturated carbocycles. The summed E-state index contributed by atoms with van der Waals surface area (Å²) in [4.78, 5) is 12.2. The predicted octanol–water partition coefficient (Wildman–Crippen LogP) is 1.88. The molecule has 102 valence electrons. The first-order valence-electron chi connectivity index (χ1n) is 6.86. The van der Waals surface area contributed by atoms with E-state index in [0.29, 0.717) is 6.42 Å². The number of amides is 1. The molecule has 4 nitrogen and oxygen atoms in total. The van der Waals surface area contributed by atoms with Gasteiger partial charge in [-0.25, -0.2) is 0 Å². The van der Waals surface area contributed by atoms with Crippen molar-refractivity contribution in [2.24, 2.45) is 5.92 Å². The number of carbonyl (C=O) groups excluding carboxylic acids is 1. The number of benzene rings is 1. The highest BCUT2D eigenvalue weighted by molar-refractivity contribution is 5.79. The van der Waals surface area contributed by atoms with Gasteiger partial charge in [-0.3, -0.25) is 4.79 Å². The standard InChI is InChI=1S/C15H21N3O/c16-9-6-14(12-4-2-1-3-5-12)18-15(19)13-7-10-17-11-8-13/h1-5,9,13-14,16-17H,6-8,10-11H2,(H,18,19). The van der Waals surface area contributed by atoms with E-state index < -0.39 is 0 Å². The molecule has 19 heavy (non-hydrogen) atoms. The second kappa shape index (κ2) is 7.04. The van der Waals surface area contributed by atoms with Crippen LogP contribution in [-0.2, 0) is 4.79 Å². The van der Waals surface area contributed by atoms with Gasteiger partial charge in [-0.2, -0.15) is 0 Å². The van der Waals surface area contributed by atoms with E-state index >= 15 is 0 Å². The smallest absolute Gasteiger partial charge is 0.223 e. The van der Waals surface area contributed by atoms with Gasteiger partial charge in [0, 0.05) is 12.3 Å². The summed E-state index contributed by atoms with van der Waals surface area (Å²) in [5.74, 6) is 0.232. The van der Waals surface area contributed by atoms with Crippen molar-refractivity contribution >= 4 is 12.1 Å². The van der Waals surface area contributed by atoms with E-state index in [1.807, 2.05) is 30.3 Å². The highest BCUT2D eigenvalue weighted by Gasteiger charge is 2.23. The van der Waals surface area contributed by atoms with Crippen molar-refractivity contribution in [3.8, 4) is 0 Å². The normalized spacial score (nSPS) is 17.7. The van der Waals surface area contributed by atoms with Crippen LogP contribution in [0.25, 0.3) is 0 Å². The SMILES string of the molecule is N=CCC(NC(=O)C1CCNCC1)c1ccccc1. The Kier molecular flexibility index (Phi) is 5.10. The maximum absolute atomic E-state index is 12.2. The third kappa shape index (κ3) is 3.89. The van der Waals surface area contributed by atoms with Crippen LogP contribution in [0.5, 0.6) is 0 Å². The number of nitrogens with one attached hydrogen (secondary N) is 3. The van der Waals surface area contributed by atoms with Crippen molar-refractivity contribution in [3.63, 3.8) is 0 Å². The summed E-state index contributed by atoms with van der Waals surface area (Å²) >= 11 is 0. The number of hydrogen-bond donors (Lipinski definition) is 3. The zero-order chi connectivity index (χ0) is 13.5. The van der Waals surface area contributed by atoms with Crippen molar-refractivity contribution in [1.29, 1.82) is 5.41 Å². The van der Waals surface area contributed by atoms with Crippen LogP contribution in [-0.4, -0.2) is 25.2 Å². The first kappa shape index (κ1) is 13.7. The number of carbonyl (C=O) groups is 1. The lowest BCUT2D eigenvalue weighted by molar-refractivity contribution is -0.126. The summed E-state index contributed by atoms with van der Waals surface area (Å²) < 4.78 is 0. The largest absolute Gasteiger partial charge is 0.349 e. The minimum absolute atomic E-state index is 0.0823. The molecule has 1 unspecified atom stereocenters. The van der Waals surface area contributed by atoms with Crippen LogP contribution in [0.2, 0.25) is 0 Å². The maximum atomic E-state index is 12.2. The molecule has 1 amide bonds. The van der Waals surface area contributed by atoms with E-state index in [9.17, 15) is 4.79 Å². The van der Waals surface area contributed by atoms with Crippen LogP contribution < -0.4 is 10.6 Å². The number of rotatable bonds is 5. The molecule has 1 atom stereocenters. The summed E-state index contributed by atoms with van der Waals surface area (Å²) in [5, 5.41) is 13.6. The quantitative estimate of drug-likeness (QED) is 0.707. The number of piperidine rings is 1. The molecule has 1 aromatic carbocycles. The van der Waals surface area contributed by atoms with E-state index in [-0.39, 0.29) is 17.9 Å². The average Bonchev–Trinajstić information content (AvgIpc) is 2.48. The van der Waals surface area contributed by atoms with Crippen molar-refractivity contribution in [3.05, 3.63) is 35.9 Å². The topological polar surface area (TPSA) is 65.0 Å². The van der Waals surface area contributed by atoms with Gasteiger partial charge in [0.15, 0.2) is 0 Å². The Bertz CT molecular complexity index is 413. The minimum atomic E-state index is -0.0823. The molecular weight excluding hydrogens is 238 g/mol. The molecule has 0 aliphatic carbocycles. The minimum Gasteiger partial charge on any atom is -0.349 e.